The first-order chi connectivity index (χ1) is 14.3. The first kappa shape index (κ1) is 21.0. The fourth-order valence-corrected chi connectivity index (χ4v) is 5.59. The van der Waals surface area contributed by atoms with Crippen molar-refractivity contribution in [2.24, 2.45) is 0 Å². The molecule has 2 N–H and O–H groups in total. The van der Waals surface area contributed by atoms with Crippen molar-refractivity contribution in [1.29, 1.82) is 0 Å². The first-order valence-corrected chi connectivity index (χ1v) is 11.8. The van der Waals surface area contributed by atoms with Crippen LogP contribution in [0.4, 0.5) is 17.1 Å². The van der Waals surface area contributed by atoms with Crippen LogP contribution >= 0.6 is 11.6 Å². The molecule has 2 aromatic rings. The molecule has 4 rings (SSSR count). The van der Waals surface area contributed by atoms with Crippen LogP contribution in [0.1, 0.15) is 16.8 Å². The summed E-state index contributed by atoms with van der Waals surface area (Å²) < 4.78 is 25.5. The maximum Gasteiger partial charge on any atom is 0.255 e. The Kier molecular flexibility index (Phi) is 5.95. The second-order valence-electron chi connectivity index (χ2n) is 7.37. The highest BCUT2D eigenvalue weighted by Gasteiger charge is 2.28. The fraction of sp³-hybridized carbons (Fsp3) is 0.350. The van der Waals surface area contributed by atoms with E-state index in [0.717, 1.165) is 31.9 Å². The molecular formula is C20H22BClN4O3S. The molecule has 0 unspecified atom stereocenters. The minimum atomic E-state index is -3.25. The number of carbonyl (C=O) groups excluding carboxylic acids is 1. The standard InChI is InChI=1S/C20H22BClN4O3S/c21-16-12-17(22)19(25-9-6-23-7-10-25)13-18(16)24-20(27)14-2-4-15(5-3-14)26-8-1-11-30(26,28)29/h2-5,12-13,23H,1,6-11H2,(H,24,27). The number of anilines is 3. The van der Waals surface area contributed by atoms with Crippen LogP contribution < -0.4 is 25.3 Å². The number of nitrogens with one attached hydrogen (secondary N) is 2. The molecule has 0 atom stereocenters. The molecule has 2 radical (unpaired) electrons. The Balaban J connectivity index is 1.52. The highest BCUT2D eigenvalue weighted by atomic mass is 35.5. The highest BCUT2D eigenvalue weighted by Crippen LogP contribution is 2.29. The van der Waals surface area contributed by atoms with Gasteiger partial charge in [0.1, 0.15) is 7.85 Å². The van der Waals surface area contributed by atoms with Gasteiger partial charge in [-0.1, -0.05) is 17.1 Å². The number of piperazine rings is 1. The highest BCUT2D eigenvalue weighted by molar-refractivity contribution is 7.93. The second-order valence-corrected chi connectivity index (χ2v) is 9.79. The molecule has 30 heavy (non-hydrogen) atoms. The molecule has 156 valence electrons. The van der Waals surface area contributed by atoms with Crippen LogP contribution in [0.3, 0.4) is 0 Å². The third-order valence-corrected chi connectivity index (χ3v) is 7.51. The van der Waals surface area contributed by atoms with Crippen molar-refractivity contribution >= 4 is 57.9 Å². The average molecular weight is 445 g/mol. The van der Waals surface area contributed by atoms with Crippen molar-refractivity contribution in [3.8, 4) is 0 Å². The number of sulfonamides is 1. The third-order valence-electron chi connectivity index (χ3n) is 5.34. The van der Waals surface area contributed by atoms with Crippen molar-refractivity contribution in [1.82, 2.24) is 5.32 Å². The molecular weight excluding hydrogens is 423 g/mol. The monoisotopic (exact) mass is 444 g/mol. The lowest BCUT2D eigenvalue weighted by molar-refractivity contribution is 0.102. The number of nitrogens with zero attached hydrogens (tertiary/aromatic N) is 2. The predicted octanol–water partition coefficient (Wildman–Crippen LogP) is 1.34. The van der Waals surface area contributed by atoms with E-state index in [1.54, 1.807) is 36.4 Å². The van der Waals surface area contributed by atoms with Crippen LogP contribution in [0.15, 0.2) is 36.4 Å². The van der Waals surface area contributed by atoms with Gasteiger partial charge in [-0.05, 0) is 42.8 Å². The molecule has 1 amide bonds. The van der Waals surface area contributed by atoms with Crippen molar-refractivity contribution in [3.63, 3.8) is 0 Å². The van der Waals surface area contributed by atoms with Crippen molar-refractivity contribution < 1.29 is 13.2 Å². The molecule has 10 heteroatoms. The summed E-state index contributed by atoms with van der Waals surface area (Å²) >= 11 is 6.38. The molecule has 2 aromatic carbocycles. The van der Waals surface area contributed by atoms with Crippen LogP contribution in [0.2, 0.25) is 5.02 Å². The summed E-state index contributed by atoms with van der Waals surface area (Å²) in [5.74, 6) is -0.174. The predicted molar refractivity (Wildman–Crippen MR) is 122 cm³/mol. The maximum atomic E-state index is 12.7. The van der Waals surface area contributed by atoms with Gasteiger partial charge in [0.25, 0.3) is 5.91 Å². The number of carbonyl (C=O) groups is 1. The molecule has 0 bridgehead atoms. The molecule has 2 aliphatic rings. The number of halogens is 1. The Hall–Kier alpha value is -2.23. The number of benzene rings is 2. The van der Waals surface area contributed by atoms with Gasteiger partial charge in [-0.15, -0.1) is 0 Å². The SMILES string of the molecule is [B]c1cc(Cl)c(N2CCNCC2)cc1NC(=O)c1ccc(N2CCCS2(=O)=O)cc1. The van der Waals surface area contributed by atoms with Crippen LogP contribution in [-0.2, 0) is 10.0 Å². The molecule has 2 heterocycles. The summed E-state index contributed by atoms with van der Waals surface area (Å²) in [6, 6.07) is 9.97. The summed E-state index contributed by atoms with van der Waals surface area (Å²) in [5.41, 5.74) is 2.68. The van der Waals surface area contributed by atoms with E-state index in [9.17, 15) is 13.2 Å². The van der Waals surface area contributed by atoms with E-state index >= 15 is 0 Å². The van der Waals surface area contributed by atoms with E-state index in [1.165, 1.54) is 4.31 Å². The van der Waals surface area contributed by atoms with Gasteiger partial charge >= 0.3 is 0 Å². The lowest BCUT2D eigenvalue weighted by Gasteiger charge is -2.31. The molecule has 2 aliphatic heterocycles. The lowest BCUT2D eigenvalue weighted by Crippen LogP contribution is -2.43. The zero-order valence-corrected chi connectivity index (χ0v) is 18.0. The normalized spacial score (nSPS) is 18.4. The molecule has 0 spiro atoms. The summed E-state index contributed by atoms with van der Waals surface area (Å²) in [4.78, 5) is 14.9. The van der Waals surface area contributed by atoms with Gasteiger partial charge in [-0.2, -0.15) is 0 Å². The van der Waals surface area contributed by atoms with E-state index in [-0.39, 0.29) is 11.7 Å². The number of rotatable bonds is 4. The van der Waals surface area contributed by atoms with E-state index in [1.807, 2.05) is 0 Å². The average Bonchev–Trinajstić information content (AvgIpc) is 3.09. The Bertz CT molecular complexity index is 1060. The van der Waals surface area contributed by atoms with Gasteiger partial charge in [0.15, 0.2) is 0 Å². The Labute approximate surface area is 182 Å². The lowest BCUT2D eigenvalue weighted by atomic mass is 9.93. The Morgan fingerprint density at radius 1 is 1.10 bits per heavy atom. The Morgan fingerprint density at radius 3 is 2.43 bits per heavy atom. The Morgan fingerprint density at radius 2 is 1.80 bits per heavy atom. The first-order valence-electron chi connectivity index (χ1n) is 9.82. The molecule has 2 fully saturated rings. The van der Waals surface area contributed by atoms with Crippen molar-refractivity contribution in [3.05, 3.63) is 47.0 Å². The minimum Gasteiger partial charge on any atom is -0.368 e. The van der Waals surface area contributed by atoms with Crippen LogP contribution in [0.5, 0.6) is 0 Å². The van der Waals surface area contributed by atoms with Gasteiger partial charge < -0.3 is 15.5 Å². The van der Waals surface area contributed by atoms with Gasteiger partial charge in [-0.3, -0.25) is 9.10 Å². The molecule has 2 saturated heterocycles. The van der Waals surface area contributed by atoms with Crippen molar-refractivity contribution in [2.45, 2.75) is 6.42 Å². The summed E-state index contributed by atoms with van der Waals surface area (Å²) in [7, 11) is 2.83. The molecule has 0 saturated carbocycles. The van der Waals surface area contributed by atoms with E-state index in [2.05, 4.69) is 15.5 Å². The van der Waals surface area contributed by atoms with E-state index in [4.69, 9.17) is 19.4 Å². The zero-order chi connectivity index (χ0) is 21.3. The van der Waals surface area contributed by atoms with Crippen LogP contribution in [-0.4, -0.2) is 60.6 Å². The summed E-state index contributed by atoms with van der Waals surface area (Å²) in [6.45, 7) is 3.82. The maximum absolute atomic E-state index is 12.7. The van der Waals surface area contributed by atoms with Gasteiger partial charge in [0.2, 0.25) is 10.0 Å². The van der Waals surface area contributed by atoms with Crippen LogP contribution in [0, 0.1) is 0 Å². The van der Waals surface area contributed by atoms with Gasteiger partial charge in [0, 0.05) is 44.0 Å². The molecule has 7 nitrogen and oxygen atoms in total. The minimum absolute atomic E-state index is 0.153. The fourth-order valence-electron chi connectivity index (χ4n) is 3.74. The zero-order valence-electron chi connectivity index (χ0n) is 16.4. The third kappa shape index (κ3) is 4.28. The summed E-state index contributed by atoms with van der Waals surface area (Å²) in [6.07, 6.45) is 0.607. The molecule has 0 aliphatic carbocycles. The second kappa shape index (κ2) is 8.49. The topological polar surface area (TPSA) is 81.8 Å². The van der Waals surface area contributed by atoms with Crippen LogP contribution in [0.25, 0.3) is 0 Å². The quantitative estimate of drug-likeness (QED) is 0.696. The summed E-state index contributed by atoms with van der Waals surface area (Å²) in [5, 5.41) is 6.68. The van der Waals surface area contributed by atoms with E-state index < -0.39 is 10.0 Å². The largest absolute Gasteiger partial charge is 0.368 e. The van der Waals surface area contributed by atoms with Gasteiger partial charge in [-0.25, -0.2) is 8.42 Å². The number of hydrogen-bond donors (Lipinski definition) is 2. The van der Waals surface area contributed by atoms with Gasteiger partial charge in [0.05, 0.1) is 22.2 Å². The van der Waals surface area contributed by atoms with E-state index in [0.29, 0.717) is 40.4 Å². The number of hydrogen-bond acceptors (Lipinski definition) is 5. The van der Waals surface area contributed by atoms with Crippen molar-refractivity contribution in [2.75, 3.05) is 53.0 Å². The molecule has 0 aromatic heterocycles. The number of amides is 1. The smallest absolute Gasteiger partial charge is 0.255 e.